The molecule has 1 aromatic rings. The van der Waals surface area contributed by atoms with Crippen molar-refractivity contribution in [3.8, 4) is 0 Å². The van der Waals surface area contributed by atoms with Gasteiger partial charge in [-0.25, -0.2) is 0 Å². The third kappa shape index (κ3) is 7.69. The Labute approximate surface area is 105 Å². The lowest BCUT2D eigenvalue weighted by Gasteiger charge is -1.92. The average Bonchev–Trinajstić information content (AvgIpc) is 2.38. The molecule has 0 aliphatic rings. The molecule has 0 saturated heterocycles. The van der Waals surface area contributed by atoms with Gasteiger partial charge in [0.1, 0.15) is 0 Å². The van der Waals surface area contributed by atoms with Gasteiger partial charge in [-0.2, -0.15) is 8.42 Å². The molecule has 8 heteroatoms. The van der Waals surface area contributed by atoms with Crippen molar-refractivity contribution in [2.24, 2.45) is 0 Å². The summed E-state index contributed by atoms with van der Waals surface area (Å²) < 4.78 is 34.0. The summed E-state index contributed by atoms with van der Waals surface area (Å²) in [6.45, 7) is 1.81. The monoisotopic (exact) mass is 279 g/mol. The summed E-state index contributed by atoms with van der Waals surface area (Å²) in [4.78, 5) is 9.59. The molecule has 0 aliphatic carbocycles. The van der Waals surface area contributed by atoms with Crippen molar-refractivity contribution in [3.63, 3.8) is 0 Å². The van der Waals surface area contributed by atoms with E-state index >= 15 is 0 Å². The molecule has 0 atom stereocenters. The lowest BCUT2D eigenvalue weighted by Crippen LogP contribution is -2.04. The summed E-state index contributed by atoms with van der Waals surface area (Å²) in [7, 11) is -3.85. The van der Waals surface area contributed by atoms with E-state index < -0.39 is 15.0 Å². The Balaban J connectivity index is 0.000000321. The Bertz CT molecular complexity index is 449. The first-order chi connectivity index (χ1) is 8.43. The second-order valence-corrected chi connectivity index (χ2v) is 4.92. The summed E-state index contributed by atoms with van der Waals surface area (Å²) in [5.41, 5.74) is 0.137. The molecule has 0 bridgehead atoms. The zero-order valence-electron chi connectivity index (χ0n) is 9.78. The van der Waals surface area contributed by atoms with Gasteiger partial charge in [0.25, 0.3) is 15.8 Å². The summed E-state index contributed by atoms with van der Waals surface area (Å²) in [5, 5.41) is 10.0. The number of nitro benzene ring substituents is 1. The van der Waals surface area contributed by atoms with Gasteiger partial charge in [0.15, 0.2) is 0 Å². The van der Waals surface area contributed by atoms with E-state index in [0.29, 0.717) is 12.8 Å². The van der Waals surface area contributed by atoms with Crippen molar-refractivity contribution < 1.29 is 22.3 Å². The smallest absolute Gasteiger partial charge is 0.258 e. The zero-order valence-corrected chi connectivity index (χ0v) is 10.6. The minimum atomic E-state index is -3.85. The fraction of sp³-hybridized carbons (Fsp3) is 0.400. The maximum absolute atomic E-state index is 11.0. The van der Waals surface area contributed by atoms with E-state index in [1.807, 2.05) is 6.92 Å². The largest absolute Gasteiger partial charge is 0.297 e. The normalized spacial score (nSPS) is 10.3. The van der Waals surface area contributed by atoms with Crippen LogP contribution in [0.3, 0.4) is 0 Å². The van der Waals surface area contributed by atoms with Gasteiger partial charge in [-0.15, -0.1) is 0 Å². The molecule has 0 radical (unpaired) electrons. The fourth-order valence-corrected chi connectivity index (χ4v) is 1.61. The molecular weight excluding hydrogens is 265 g/mol. The number of para-hydroxylation sites is 1. The Hall–Kier alpha value is -1.54. The Morgan fingerprint density at radius 3 is 2.22 bits per heavy atom. The van der Waals surface area contributed by atoms with Crippen LogP contribution in [0.5, 0.6) is 0 Å². The van der Waals surface area contributed by atoms with Crippen molar-refractivity contribution in [2.75, 3.05) is 5.75 Å². The number of non-ortho nitro benzene ring substituents is 1. The van der Waals surface area contributed by atoms with Crippen LogP contribution in [0.25, 0.3) is 0 Å². The molecule has 1 aromatic carbocycles. The molecule has 0 saturated carbocycles. The second-order valence-electron chi connectivity index (χ2n) is 3.27. The molecule has 0 aliphatic heterocycles. The van der Waals surface area contributed by atoms with E-state index in [4.69, 9.17) is 0 Å². The highest BCUT2D eigenvalue weighted by Crippen LogP contribution is 2.06. The quantitative estimate of drug-likeness (QED) is 0.610. The summed E-state index contributed by atoms with van der Waals surface area (Å²) in [6, 6.07) is 7.93. The number of nitro groups is 1. The molecule has 0 spiro atoms. The Kier molecular flexibility index (Phi) is 7.81. The number of unbranched alkanes of at least 4 members (excludes halogenated alkanes) is 1. The number of hydrogen-bond acceptors (Lipinski definition) is 5. The van der Waals surface area contributed by atoms with Crippen molar-refractivity contribution in [1.82, 2.24) is 0 Å². The highest BCUT2D eigenvalue weighted by Gasteiger charge is 2.08. The van der Waals surface area contributed by atoms with Crippen molar-refractivity contribution >= 4 is 15.8 Å². The van der Waals surface area contributed by atoms with E-state index in [1.165, 1.54) is 12.1 Å². The number of hydrogen-bond donors (Lipinski definition) is 0. The van der Waals surface area contributed by atoms with Gasteiger partial charge in [0.2, 0.25) is 0 Å². The van der Waals surface area contributed by atoms with E-state index in [1.54, 1.807) is 18.2 Å². The van der Waals surface area contributed by atoms with Crippen LogP contribution in [0.1, 0.15) is 19.8 Å². The van der Waals surface area contributed by atoms with Gasteiger partial charge in [0, 0.05) is 12.1 Å². The van der Waals surface area contributed by atoms with Crippen LogP contribution in [0.4, 0.5) is 10.2 Å². The molecule has 18 heavy (non-hydrogen) atoms. The lowest BCUT2D eigenvalue weighted by molar-refractivity contribution is -0.384. The fourth-order valence-electron chi connectivity index (χ4n) is 0.902. The van der Waals surface area contributed by atoms with Crippen LogP contribution >= 0.6 is 0 Å². The third-order valence-electron chi connectivity index (χ3n) is 1.81. The molecule has 0 heterocycles. The molecule has 0 unspecified atom stereocenters. The molecule has 0 fully saturated rings. The van der Waals surface area contributed by atoms with Crippen LogP contribution in [0.15, 0.2) is 30.3 Å². The summed E-state index contributed by atoms with van der Waals surface area (Å²) >= 11 is 0. The van der Waals surface area contributed by atoms with Crippen LogP contribution in [-0.2, 0) is 14.5 Å². The molecule has 6 nitrogen and oxygen atoms in total. The minimum Gasteiger partial charge on any atom is -0.258 e. The first kappa shape index (κ1) is 16.5. The van der Waals surface area contributed by atoms with E-state index in [-0.39, 0.29) is 11.4 Å². The molecule has 1 rings (SSSR count). The summed E-state index contributed by atoms with van der Waals surface area (Å²) in [5.74, 6) is -0.236. The van der Waals surface area contributed by atoms with E-state index in [0.717, 1.165) is 0 Å². The van der Waals surface area contributed by atoms with Gasteiger partial charge >= 0.3 is 0 Å². The lowest BCUT2D eigenvalue weighted by atomic mass is 10.3. The predicted molar refractivity (Wildman–Crippen MR) is 64.0 cm³/mol. The van der Waals surface area contributed by atoms with Gasteiger partial charge < -0.3 is 0 Å². The molecular formula is C10H14FNO5S. The first-order valence-electron chi connectivity index (χ1n) is 5.15. The molecule has 0 N–H and O–H groups in total. The molecule has 102 valence electrons. The number of nitrogens with zero attached hydrogens (tertiary/aromatic N) is 1. The number of halogens is 1. The van der Waals surface area contributed by atoms with Gasteiger partial charge in [-0.3, -0.25) is 10.1 Å². The summed E-state index contributed by atoms with van der Waals surface area (Å²) in [6.07, 6.45) is 1.15. The maximum Gasteiger partial charge on any atom is 0.297 e. The Morgan fingerprint density at radius 2 is 1.89 bits per heavy atom. The zero-order chi connectivity index (χ0) is 14.0. The number of rotatable bonds is 5. The van der Waals surface area contributed by atoms with Crippen molar-refractivity contribution in [2.45, 2.75) is 19.8 Å². The van der Waals surface area contributed by atoms with Gasteiger partial charge in [0.05, 0.1) is 10.7 Å². The number of benzene rings is 1. The average molecular weight is 279 g/mol. The third-order valence-corrected chi connectivity index (χ3v) is 2.79. The van der Waals surface area contributed by atoms with E-state index in [2.05, 4.69) is 4.39 Å². The highest BCUT2D eigenvalue weighted by molar-refractivity contribution is 7.86. The SMILES string of the molecule is CCCCS(=O)(=O)OF.O=[N+]([O-])c1ccccc1. The van der Waals surface area contributed by atoms with Crippen LogP contribution in [0.2, 0.25) is 0 Å². The topological polar surface area (TPSA) is 86.5 Å². The highest BCUT2D eigenvalue weighted by atomic mass is 32.2. The Morgan fingerprint density at radius 1 is 1.33 bits per heavy atom. The maximum atomic E-state index is 11.0. The van der Waals surface area contributed by atoms with Crippen molar-refractivity contribution in [1.29, 1.82) is 0 Å². The van der Waals surface area contributed by atoms with Gasteiger partial charge in [-0.1, -0.05) is 35.9 Å². The first-order valence-corrected chi connectivity index (χ1v) is 6.73. The minimum absolute atomic E-state index is 0.137. The molecule has 0 aromatic heterocycles. The van der Waals surface area contributed by atoms with E-state index in [9.17, 15) is 23.1 Å². The van der Waals surface area contributed by atoms with Crippen molar-refractivity contribution in [3.05, 3.63) is 40.4 Å². The molecule has 0 amide bonds. The van der Waals surface area contributed by atoms with Crippen LogP contribution in [0, 0.1) is 10.1 Å². The second kappa shape index (κ2) is 8.54. The van der Waals surface area contributed by atoms with Crippen LogP contribution < -0.4 is 0 Å². The standard InChI is InChI=1S/C6H5NO2.C4H9FO3S/c8-7(9)6-4-2-1-3-5-6;1-2-3-4-9(6,7)8-5/h1-5H;2-4H2,1H3. The van der Waals surface area contributed by atoms with Crippen LogP contribution in [-0.4, -0.2) is 19.1 Å². The van der Waals surface area contributed by atoms with Gasteiger partial charge in [-0.05, 0) is 10.9 Å². The predicted octanol–water partition coefficient (Wildman–Crippen LogP) is 2.61.